The van der Waals surface area contributed by atoms with Crippen LogP contribution in [0.1, 0.15) is 19.3 Å². The van der Waals surface area contributed by atoms with Crippen LogP contribution < -0.4 is 5.32 Å². The van der Waals surface area contributed by atoms with Crippen molar-refractivity contribution in [2.24, 2.45) is 0 Å². The van der Waals surface area contributed by atoms with Crippen molar-refractivity contribution in [3.63, 3.8) is 0 Å². The molecule has 0 unspecified atom stereocenters. The van der Waals surface area contributed by atoms with Crippen molar-refractivity contribution in [1.29, 1.82) is 0 Å². The molecule has 0 aliphatic carbocycles. The van der Waals surface area contributed by atoms with E-state index in [0.29, 0.717) is 0 Å². The number of nitrogens with zero attached hydrogens (tertiary/aromatic N) is 2. The van der Waals surface area contributed by atoms with Crippen molar-refractivity contribution in [2.45, 2.75) is 19.3 Å². The number of rotatable bonds is 4. The number of piperidine rings is 1. The van der Waals surface area contributed by atoms with Gasteiger partial charge in [0.05, 0.1) is 4.70 Å². The lowest BCUT2D eigenvalue weighted by molar-refractivity contribution is 0.237. The Morgan fingerprint density at radius 1 is 1.17 bits per heavy atom. The van der Waals surface area contributed by atoms with Gasteiger partial charge in [0.2, 0.25) is 0 Å². The number of hydrogen-bond acceptors (Lipinski definition) is 4. The highest BCUT2D eigenvalue weighted by atomic mass is 32.1. The number of fused-ring (bicyclic) bond motifs is 1. The van der Waals surface area contributed by atoms with Gasteiger partial charge in [-0.15, -0.1) is 0 Å². The second-order valence-corrected chi connectivity index (χ2v) is 5.66. The molecule has 0 radical (unpaired) electrons. The SMILES string of the molecule is c1ccc2c(NCCN3CCCCC3)nsc2c1. The lowest BCUT2D eigenvalue weighted by atomic mass is 10.1. The average Bonchev–Trinajstić information content (AvgIpc) is 2.84. The Bertz CT molecular complexity index is 502. The largest absolute Gasteiger partial charge is 0.367 e. The molecule has 0 atom stereocenters. The first-order valence-corrected chi connectivity index (χ1v) is 7.51. The fraction of sp³-hybridized carbons (Fsp3) is 0.500. The van der Waals surface area contributed by atoms with E-state index in [2.05, 4.69) is 38.9 Å². The molecule has 0 amide bonds. The summed E-state index contributed by atoms with van der Waals surface area (Å²) < 4.78 is 5.75. The van der Waals surface area contributed by atoms with Crippen LogP contribution in [0.2, 0.25) is 0 Å². The zero-order valence-corrected chi connectivity index (χ0v) is 11.4. The van der Waals surface area contributed by atoms with E-state index in [1.54, 1.807) is 11.5 Å². The molecule has 4 heteroatoms. The van der Waals surface area contributed by atoms with Gasteiger partial charge < -0.3 is 10.2 Å². The lowest BCUT2D eigenvalue weighted by Gasteiger charge is -2.26. The fourth-order valence-corrected chi connectivity index (χ4v) is 3.28. The maximum atomic E-state index is 4.49. The van der Waals surface area contributed by atoms with E-state index in [4.69, 9.17) is 0 Å². The van der Waals surface area contributed by atoms with Gasteiger partial charge in [-0.1, -0.05) is 18.6 Å². The number of hydrogen-bond donors (Lipinski definition) is 1. The molecule has 1 aromatic carbocycles. The van der Waals surface area contributed by atoms with Gasteiger partial charge >= 0.3 is 0 Å². The minimum atomic E-state index is 0.994. The van der Waals surface area contributed by atoms with Gasteiger partial charge in [0.25, 0.3) is 0 Å². The van der Waals surface area contributed by atoms with Crippen molar-refractivity contribution in [3.05, 3.63) is 24.3 Å². The molecular formula is C14H19N3S. The van der Waals surface area contributed by atoms with Crippen molar-refractivity contribution >= 4 is 27.4 Å². The van der Waals surface area contributed by atoms with Crippen LogP contribution in [0.5, 0.6) is 0 Å². The van der Waals surface area contributed by atoms with Crippen LogP contribution >= 0.6 is 11.5 Å². The summed E-state index contributed by atoms with van der Waals surface area (Å²) in [4.78, 5) is 2.55. The van der Waals surface area contributed by atoms with Crippen LogP contribution in [-0.2, 0) is 0 Å². The Balaban J connectivity index is 1.56. The summed E-state index contributed by atoms with van der Waals surface area (Å²) in [5.74, 6) is 1.05. The average molecular weight is 261 g/mol. The smallest absolute Gasteiger partial charge is 0.147 e. The van der Waals surface area contributed by atoms with Crippen LogP contribution in [-0.4, -0.2) is 35.5 Å². The molecule has 0 spiro atoms. The summed E-state index contributed by atoms with van der Waals surface area (Å²) in [6.45, 7) is 4.65. The Morgan fingerprint density at radius 2 is 2.00 bits per heavy atom. The Labute approximate surface area is 112 Å². The highest BCUT2D eigenvalue weighted by molar-refractivity contribution is 7.13. The number of aromatic nitrogens is 1. The van der Waals surface area contributed by atoms with Crippen LogP contribution in [0.4, 0.5) is 5.82 Å². The zero-order chi connectivity index (χ0) is 12.2. The Morgan fingerprint density at radius 3 is 2.89 bits per heavy atom. The van der Waals surface area contributed by atoms with Gasteiger partial charge in [-0.2, -0.15) is 4.37 Å². The molecule has 3 rings (SSSR count). The molecule has 96 valence electrons. The molecule has 18 heavy (non-hydrogen) atoms. The molecule has 2 aromatic rings. The van der Waals surface area contributed by atoms with E-state index in [1.807, 2.05) is 0 Å². The van der Waals surface area contributed by atoms with Gasteiger partial charge in [0, 0.05) is 18.5 Å². The van der Waals surface area contributed by atoms with E-state index in [1.165, 1.54) is 42.4 Å². The number of likely N-dealkylation sites (tertiary alicyclic amines) is 1. The van der Waals surface area contributed by atoms with Gasteiger partial charge in [-0.25, -0.2) is 0 Å². The normalized spacial score (nSPS) is 17.1. The minimum Gasteiger partial charge on any atom is -0.367 e. The van der Waals surface area contributed by atoms with Gasteiger partial charge in [-0.3, -0.25) is 0 Å². The highest BCUT2D eigenvalue weighted by Crippen LogP contribution is 2.25. The summed E-state index contributed by atoms with van der Waals surface area (Å²) >= 11 is 1.57. The first-order chi connectivity index (χ1) is 8.93. The van der Waals surface area contributed by atoms with Crippen molar-refractivity contribution in [2.75, 3.05) is 31.5 Å². The van der Waals surface area contributed by atoms with Gasteiger partial charge in [0.1, 0.15) is 5.82 Å². The summed E-state index contributed by atoms with van der Waals surface area (Å²) in [7, 11) is 0. The van der Waals surface area contributed by atoms with Crippen molar-refractivity contribution in [1.82, 2.24) is 9.27 Å². The molecule has 1 saturated heterocycles. The third kappa shape index (κ3) is 2.65. The first-order valence-electron chi connectivity index (χ1n) is 6.74. The third-order valence-corrected chi connectivity index (χ3v) is 4.37. The quantitative estimate of drug-likeness (QED) is 0.916. The van der Waals surface area contributed by atoms with E-state index >= 15 is 0 Å². The molecule has 1 aromatic heterocycles. The summed E-state index contributed by atoms with van der Waals surface area (Å²) in [6.07, 6.45) is 4.12. The van der Waals surface area contributed by atoms with Gasteiger partial charge in [0.15, 0.2) is 0 Å². The van der Waals surface area contributed by atoms with Gasteiger partial charge in [-0.05, 0) is 49.6 Å². The van der Waals surface area contributed by atoms with Crippen LogP contribution in [0.3, 0.4) is 0 Å². The first kappa shape index (κ1) is 11.9. The second-order valence-electron chi connectivity index (χ2n) is 4.86. The van der Waals surface area contributed by atoms with E-state index in [0.717, 1.165) is 18.9 Å². The minimum absolute atomic E-state index is 0.994. The van der Waals surface area contributed by atoms with Crippen LogP contribution in [0.25, 0.3) is 10.1 Å². The molecule has 0 bridgehead atoms. The molecular weight excluding hydrogens is 242 g/mol. The summed E-state index contributed by atoms with van der Waals surface area (Å²) in [6, 6.07) is 8.41. The Hall–Kier alpha value is -1.13. The third-order valence-electron chi connectivity index (χ3n) is 3.55. The number of benzene rings is 1. The lowest BCUT2D eigenvalue weighted by Crippen LogP contribution is -2.33. The monoisotopic (exact) mass is 261 g/mol. The highest BCUT2D eigenvalue weighted by Gasteiger charge is 2.10. The second kappa shape index (κ2) is 5.67. The van der Waals surface area contributed by atoms with E-state index in [-0.39, 0.29) is 0 Å². The molecule has 1 N–H and O–H groups in total. The maximum Gasteiger partial charge on any atom is 0.147 e. The molecule has 3 nitrogen and oxygen atoms in total. The Kier molecular flexibility index (Phi) is 3.76. The van der Waals surface area contributed by atoms with E-state index < -0.39 is 0 Å². The molecule has 1 aliphatic rings. The van der Waals surface area contributed by atoms with Crippen LogP contribution in [0, 0.1) is 0 Å². The fourth-order valence-electron chi connectivity index (χ4n) is 2.53. The summed E-state index contributed by atoms with van der Waals surface area (Å²) in [5.41, 5.74) is 0. The van der Waals surface area contributed by atoms with Crippen molar-refractivity contribution < 1.29 is 0 Å². The van der Waals surface area contributed by atoms with Crippen LogP contribution in [0.15, 0.2) is 24.3 Å². The number of anilines is 1. The topological polar surface area (TPSA) is 28.2 Å². The predicted octanol–water partition coefficient (Wildman–Crippen LogP) is 3.19. The molecule has 1 aliphatic heterocycles. The molecule has 2 heterocycles. The molecule has 0 saturated carbocycles. The predicted molar refractivity (Wildman–Crippen MR) is 78.4 cm³/mol. The van der Waals surface area contributed by atoms with Crippen molar-refractivity contribution in [3.8, 4) is 0 Å². The maximum absolute atomic E-state index is 4.49. The standard InChI is InChI=1S/C14H19N3S/c1-4-9-17(10-5-1)11-8-15-14-12-6-2-3-7-13(12)18-16-14/h2-3,6-7H,1,4-5,8-11H2,(H,15,16). The van der Waals surface area contributed by atoms with E-state index in [9.17, 15) is 0 Å². The number of nitrogens with one attached hydrogen (secondary N) is 1. The molecule has 1 fully saturated rings. The summed E-state index contributed by atoms with van der Waals surface area (Å²) in [5, 5.41) is 4.72. The zero-order valence-electron chi connectivity index (χ0n) is 10.6.